The molecule has 2 heterocycles. The van der Waals surface area contributed by atoms with Crippen molar-refractivity contribution in [3.8, 4) is 34.3 Å². The first-order valence-electron chi connectivity index (χ1n) is 12.8. The van der Waals surface area contributed by atoms with E-state index < -0.39 is 6.04 Å². The molecule has 0 aliphatic heterocycles. The van der Waals surface area contributed by atoms with Crippen LogP contribution in [0, 0.1) is 0 Å². The van der Waals surface area contributed by atoms with Crippen molar-refractivity contribution < 1.29 is 28.8 Å². The Kier molecular flexibility index (Phi) is 7.75. The molecule has 0 saturated carbocycles. The van der Waals surface area contributed by atoms with Gasteiger partial charge in [0.2, 0.25) is 5.75 Å². The molecule has 0 saturated heterocycles. The molecule has 3 aromatic carbocycles. The molecule has 0 aliphatic rings. The Bertz CT molecular complexity index is 1680. The lowest BCUT2D eigenvalue weighted by molar-refractivity contribution is 0.0918. The average molecular weight is 542 g/mol. The summed E-state index contributed by atoms with van der Waals surface area (Å²) in [6.45, 7) is -0.228. The van der Waals surface area contributed by atoms with Gasteiger partial charge in [0.05, 0.1) is 57.9 Å². The Labute approximate surface area is 231 Å². The number of nitrogens with one attached hydrogen (secondary N) is 2. The van der Waals surface area contributed by atoms with Gasteiger partial charge in [-0.2, -0.15) is 0 Å². The molecule has 206 valence electrons. The third-order valence-electron chi connectivity index (χ3n) is 6.94. The number of fused-ring (bicyclic) bond motifs is 2. The first-order chi connectivity index (χ1) is 19.5. The summed E-state index contributed by atoms with van der Waals surface area (Å²) in [6, 6.07) is 18.1. The molecular weight excluding hydrogens is 510 g/mol. The van der Waals surface area contributed by atoms with E-state index in [1.54, 1.807) is 44.6 Å². The van der Waals surface area contributed by atoms with Gasteiger partial charge in [-0.1, -0.05) is 18.2 Å². The maximum atomic E-state index is 13.8. The minimum Gasteiger partial charge on any atom is -0.497 e. The molecule has 0 spiro atoms. The average Bonchev–Trinajstić information content (AvgIpc) is 3.41. The smallest absolute Gasteiger partial charge is 0.252 e. The molecule has 0 radical (unpaired) electrons. The third kappa shape index (κ3) is 4.99. The number of carbonyl (C=O) groups excluding carboxylic acids is 1. The lowest BCUT2D eigenvalue weighted by atomic mass is 10.0. The molecule has 1 atom stereocenters. The van der Waals surface area contributed by atoms with Gasteiger partial charge in [0, 0.05) is 28.0 Å². The van der Waals surface area contributed by atoms with Crippen LogP contribution in [0.4, 0.5) is 0 Å². The predicted molar refractivity (Wildman–Crippen MR) is 154 cm³/mol. The Morgan fingerprint density at radius 1 is 0.925 bits per heavy atom. The number of hydrogen-bond donors (Lipinski definition) is 3. The van der Waals surface area contributed by atoms with Gasteiger partial charge in [0.25, 0.3) is 5.91 Å². The van der Waals surface area contributed by atoms with Crippen LogP contribution in [0.15, 0.2) is 66.9 Å². The van der Waals surface area contributed by atoms with E-state index in [1.807, 2.05) is 36.5 Å². The van der Waals surface area contributed by atoms with E-state index in [4.69, 9.17) is 23.9 Å². The van der Waals surface area contributed by atoms with Gasteiger partial charge in [-0.3, -0.25) is 4.79 Å². The summed E-state index contributed by atoms with van der Waals surface area (Å²) in [6.07, 6.45) is 2.36. The maximum absolute atomic E-state index is 13.8. The number of para-hydroxylation sites is 1. The van der Waals surface area contributed by atoms with Crippen LogP contribution in [0.25, 0.3) is 33.1 Å². The minimum absolute atomic E-state index is 0.228. The summed E-state index contributed by atoms with van der Waals surface area (Å²) in [4.78, 5) is 21.9. The van der Waals surface area contributed by atoms with Crippen molar-refractivity contribution in [1.29, 1.82) is 0 Å². The summed E-state index contributed by atoms with van der Waals surface area (Å²) in [5.74, 6) is 1.61. The lowest BCUT2D eigenvalue weighted by Crippen LogP contribution is -2.39. The van der Waals surface area contributed by atoms with E-state index in [9.17, 15) is 9.90 Å². The molecule has 9 nitrogen and oxygen atoms in total. The van der Waals surface area contributed by atoms with E-state index in [2.05, 4.69) is 10.3 Å². The van der Waals surface area contributed by atoms with Gasteiger partial charge in [0.15, 0.2) is 11.5 Å². The van der Waals surface area contributed by atoms with Crippen LogP contribution in [0.1, 0.15) is 15.9 Å². The van der Waals surface area contributed by atoms with Gasteiger partial charge >= 0.3 is 0 Å². The molecule has 0 bridgehead atoms. The topological polar surface area (TPSA) is 115 Å². The van der Waals surface area contributed by atoms with Crippen LogP contribution >= 0.6 is 0 Å². The molecule has 9 heteroatoms. The highest BCUT2D eigenvalue weighted by molar-refractivity contribution is 6.08. The van der Waals surface area contributed by atoms with Crippen LogP contribution in [-0.4, -0.2) is 62.1 Å². The number of H-pyrrole nitrogens is 1. The number of hydrogen-bond acceptors (Lipinski definition) is 7. The van der Waals surface area contributed by atoms with Gasteiger partial charge in [-0.05, 0) is 54.4 Å². The van der Waals surface area contributed by atoms with Gasteiger partial charge in [0.1, 0.15) is 5.75 Å². The summed E-state index contributed by atoms with van der Waals surface area (Å²) >= 11 is 0. The zero-order valence-corrected chi connectivity index (χ0v) is 22.8. The number of amides is 1. The molecule has 2 aromatic heterocycles. The zero-order valence-electron chi connectivity index (χ0n) is 22.8. The number of aromatic amines is 1. The Hall–Kier alpha value is -4.76. The van der Waals surface area contributed by atoms with Crippen LogP contribution in [0.5, 0.6) is 23.0 Å². The third-order valence-corrected chi connectivity index (χ3v) is 6.94. The van der Waals surface area contributed by atoms with Crippen molar-refractivity contribution in [2.45, 2.75) is 12.5 Å². The highest BCUT2D eigenvalue weighted by atomic mass is 16.5. The first-order valence-corrected chi connectivity index (χ1v) is 12.8. The number of rotatable bonds is 10. The maximum Gasteiger partial charge on any atom is 0.252 e. The number of methoxy groups -OCH3 is 4. The number of aliphatic hydroxyl groups excluding tert-OH is 1. The van der Waals surface area contributed by atoms with Gasteiger partial charge in [-0.25, -0.2) is 4.98 Å². The summed E-state index contributed by atoms with van der Waals surface area (Å²) < 4.78 is 22.1. The quantitative estimate of drug-likeness (QED) is 0.234. The fourth-order valence-electron chi connectivity index (χ4n) is 4.95. The second kappa shape index (κ2) is 11.5. The summed E-state index contributed by atoms with van der Waals surface area (Å²) in [5.41, 5.74) is 4.13. The lowest BCUT2D eigenvalue weighted by Gasteiger charge is -2.19. The summed E-state index contributed by atoms with van der Waals surface area (Å²) in [7, 11) is 6.19. The second-order valence-corrected chi connectivity index (χ2v) is 9.24. The van der Waals surface area contributed by atoms with E-state index in [0.29, 0.717) is 57.1 Å². The van der Waals surface area contributed by atoms with Crippen molar-refractivity contribution in [3.63, 3.8) is 0 Å². The Morgan fingerprint density at radius 3 is 2.45 bits per heavy atom. The van der Waals surface area contributed by atoms with E-state index in [1.165, 1.54) is 14.2 Å². The normalized spacial score (nSPS) is 11.8. The zero-order chi connectivity index (χ0) is 28.2. The predicted octanol–water partition coefficient (Wildman–Crippen LogP) is 4.75. The van der Waals surface area contributed by atoms with E-state index >= 15 is 0 Å². The van der Waals surface area contributed by atoms with E-state index in [-0.39, 0.29) is 12.5 Å². The van der Waals surface area contributed by atoms with Crippen LogP contribution < -0.4 is 24.3 Å². The largest absolute Gasteiger partial charge is 0.497 e. The highest BCUT2D eigenvalue weighted by Crippen LogP contribution is 2.44. The number of carbonyl (C=O) groups is 1. The van der Waals surface area contributed by atoms with Crippen molar-refractivity contribution in [1.82, 2.24) is 15.3 Å². The van der Waals surface area contributed by atoms with Crippen molar-refractivity contribution in [2.75, 3.05) is 35.0 Å². The Balaban J connectivity index is 1.57. The highest BCUT2D eigenvalue weighted by Gasteiger charge is 2.23. The fraction of sp³-hybridized carbons (Fsp3) is 0.226. The number of aromatic nitrogens is 2. The minimum atomic E-state index is -0.514. The molecule has 0 aliphatic carbocycles. The SMILES string of the molecule is COc1ccc2nc(-c3ccc(OC)c(OC)c3OC)cc(C(=O)N[C@@H](CO)Cc3c[nH]c4ccccc34)c2c1. The van der Waals surface area contributed by atoms with Crippen molar-refractivity contribution in [2.24, 2.45) is 0 Å². The summed E-state index contributed by atoms with van der Waals surface area (Å²) in [5, 5.41) is 14.9. The fourth-order valence-corrected chi connectivity index (χ4v) is 4.95. The molecule has 0 fully saturated rings. The van der Waals surface area contributed by atoms with Crippen LogP contribution in [0.2, 0.25) is 0 Å². The number of benzene rings is 3. The number of aliphatic hydroxyl groups is 1. The first kappa shape index (κ1) is 26.8. The number of pyridine rings is 1. The molecular formula is C31H31N3O6. The molecule has 40 heavy (non-hydrogen) atoms. The molecule has 5 rings (SSSR count). The Morgan fingerprint density at radius 2 is 1.73 bits per heavy atom. The van der Waals surface area contributed by atoms with Crippen molar-refractivity contribution in [3.05, 3.63) is 78.0 Å². The second-order valence-electron chi connectivity index (χ2n) is 9.24. The molecule has 5 aromatic rings. The van der Waals surface area contributed by atoms with Gasteiger partial charge < -0.3 is 34.4 Å². The van der Waals surface area contributed by atoms with Crippen molar-refractivity contribution >= 4 is 27.7 Å². The monoisotopic (exact) mass is 541 g/mol. The number of nitrogens with zero attached hydrogens (tertiary/aromatic N) is 1. The molecule has 3 N–H and O–H groups in total. The molecule has 0 unspecified atom stereocenters. The van der Waals surface area contributed by atoms with Crippen LogP contribution in [0.3, 0.4) is 0 Å². The standard InChI is InChI=1S/C31H31N3O6/c1-37-20-9-11-26-23(14-20)24(15-27(34-26)22-10-12-28(38-2)30(40-4)29(22)39-3)31(36)33-19(17-35)13-18-16-32-25-8-6-5-7-21(18)25/h5-12,14-16,19,32,35H,13,17H2,1-4H3,(H,33,36)/t19-/m1/s1. The van der Waals surface area contributed by atoms with Gasteiger partial charge in [-0.15, -0.1) is 0 Å². The molecule has 1 amide bonds. The van der Waals surface area contributed by atoms with E-state index in [0.717, 1.165) is 16.5 Å². The van der Waals surface area contributed by atoms with Crippen LogP contribution in [-0.2, 0) is 6.42 Å². The number of ether oxygens (including phenoxy) is 4.